The summed E-state index contributed by atoms with van der Waals surface area (Å²) in [7, 11) is 1.41. The van der Waals surface area contributed by atoms with E-state index in [1.807, 2.05) is 0 Å². The van der Waals surface area contributed by atoms with Crippen molar-refractivity contribution in [3.63, 3.8) is 0 Å². The first-order valence-electron chi connectivity index (χ1n) is 6.34. The molecule has 5 nitrogen and oxygen atoms in total. The van der Waals surface area contributed by atoms with Gasteiger partial charge in [-0.05, 0) is 31.4 Å². The predicted molar refractivity (Wildman–Crippen MR) is 69.3 cm³/mol. The first kappa shape index (κ1) is 14.3. The van der Waals surface area contributed by atoms with Crippen LogP contribution >= 0.6 is 0 Å². The van der Waals surface area contributed by atoms with Crippen molar-refractivity contribution in [3.05, 3.63) is 29.6 Å². The lowest BCUT2D eigenvalue weighted by atomic mass is 9.74. The van der Waals surface area contributed by atoms with Gasteiger partial charge in [-0.1, -0.05) is 0 Å². The zero-order valence-corrected chi connectivity index (χ0v) is 11.1. The van der Waals surface area contributed by atoms with E-state index in [2.05, 4.69) is 5.32 Å². The number of carboxylic acid groups (broad SMARTS) is 1. The van der Waals surface area contributed by atoms with E-state index in [1.54, 1.807) is 0 Å². The molecule has 2 N–H and O–H groups in total. The van der Waals surface area contributed by atoms with Gasteiger partial charge in [-0.3, -0.25) is 9.59 Å². The van der Waals surface area contributed by atoms with Gasteiger partial charge in [-0.15, -0.1) is 0 Å². The Balaban J connectivity index is 2.13. The number of carboxylic acids is 1. The number of aliphatic carboxylic acids is 1. The average Bonchev–Trinajstić information content (AvgIpc) is 2.35. The Bertz CT molecular complexity index is 540. The number of carbonyl (C=O) groups excluding carboxylic acids is 1. The van der Waals surface area contributed by atoms with E-state index in [9.17, 15) is 14.0 Å². The van der Waals surface area contributed by atoms with Crippen LogP contribution in [0.15, 0.2) is 18.2 Å². The van der Waals surface area contributed by atoms with Crippen LogP contribution in [0.5, 0.6) is 5.75 Å². The second-order valence-electron chi connectivity index (χ2n) is 5.00. The molecule has 0 bridgehead atoms. The summed E-state index contributed by atoms with van der Waals surface area (Å²) in [5.41, 5.74) is -0.850. The molecule has 0 atom stereocenters. The number of hydrogen-bond acceptors (Lipinski definition) is 3. The van der Waals surface area contributed by atoms with Crippen LogP contribution in [-0.2, 0) is 4.79 Å². The molecule has 2 rings (SSSR count). The average molecular weight is 281 g/mol. The van der Waals surface area contributed by atoms with Crippen molar-refractivity contribution < 1.29 is 23.8 Å². The van der Waals surface area contributed by atoms with Gasteiger partial charge in [-0.2, -0.15) is 0 Å². The lowest BCUT2D eigenvalue weighted by Gasteiger charge is -2.41. The molecule has 0 heterocycles. The minimum Gasteiger partial charge on any atom is -0.497 e. The first-order chi connectivity index (χ1) is 9.46. The van der Waals surface area contributed by atoms with Gasteiger partial charge < -0.3 is 15.2 Å². The summed E-state index contributed by atoms with van der Waals surface area (Å²) in [4.78, 5) is 22.9. The zero-order chi connectivity index (χ0) is 14.8. The van der Waals surface area contributed by atoms with Crippen molar-refractivity contribution in [2.75, 3.05) is 7.11 Å². The fraction of sp³-hybridized carbons (Fsp3) is 0.429. The van der Waals surface area contributed by atoms with Gasteiger partial charge in [0, 0.05) is 6.07 Å². The molecule has 6 heteroatoms. The third-order valence-corrected chi connectivity index (χ3v) is 3.60. The predicted octanol–water partition coefficient (Wildman–Crippen LogP) is 1.96. The topological polar surface area (TPSA) is 75.6 Å². The fourth-order valence-electron chi connectivity index (χ4n) is 2.35. The van der Waals surface area contributed by atoms with Crippen molar-refractivity contribution in [3.8, 4) is 5.75 Å². The molecule has 0 aromatic heterocycles. The molecule has 108 valence electrons. The summed E-state index contributed by atoms with van der Waals surface area (Å²) in [5.74, 6) is -1.93. The molecule has 0 spiro atoms. The number of amides is 1. The molecule has 1 aliphatic carbocycles. The van der Waals surface area contributed by atoms with E-state index in [1.165, 1.54) is 19.2 Å². The minimum atomic E-state index is -0.972. The molecule has 0 radical (unpaired) electrons. The van der Waals surface area contributed by atoms with E-state index in [0.717, 1.165) is 12.5 Å². The van der Waals surface area contributed by atoms with E-state index in [-0.39, 0.29) is 12.0 Å². The van der Waals surface area contributed by atoms with Crippen molar-refractivity contribution >= 4 is 11.9 Å². The number of benzene rings is 1. The summed E-state index contributed by atoms with van der Waals surface area (Å²) in [6.45, 7) is 0. The summed E-state index contributed by atoms with van der Waals surface area (Å²) in [6, 6.07) is 3.94. The summed E-state index contributed by atoms with van der Waals surface area (Å²) in [6.07, 6.45) is 1.92. The van der Waals surface area contributed by atoms with Crippen LogP contribution < -0.4 is 10.1 Å². The molecule has 1 aromatic carbocycles. The number of nitrogens with one attached hydrogen (secondary N) is 1. The maximum Gasteiger partial charge on any atom is 0.305 e. The monoisotopic (exact) mass is 281 g/mol. The Labute approximate surface area is 115 Å². The third kappa shape index (κ3) is 2.89. The molecule has 0 saturated heterocycles. The maximum atomic E-state index is 13.8. The molecule has 0 aliphatic heterocycles. The van der Waals surface area contributed by atoms with Crippen molar-refractivity contribution in [2.45, 2.75) is 31.2 Å². The van der Waals surface area contributed by atoms with E-state index in [0.29, 0.717) is 18.6 Å². The Morgan fingerprint density at radius 2 is 2.15 bits per heavy atom. The van der Waals surface area contributed by atoms with Gasteiger partial charge in [0.2, 0.25) is 0 Å². The summed E-state index contributed by atoms with van der Waals surface area (Å²) >= 11 is 0. The van der Waals surface area contributed by atoms with Crippen LogP contribution in [0, 0.1) is 5.82 Å². The third-order valence-electron chi connectivity index (χ3n) is 3.60. The van der Waals surface area contributed by atoms with Crippen LogP contribution in [0.1, 0.15) is 36.0 Å². The van der Waals surface area contributed by atoms with Crippen molar-refractivity contribution in [2.24, 2.45) is 0 Å². The highest BCUT2D eigenvalue weighted by molar-refractivity contribution is 5.95. The fourth-order valence-corrected chi connectivity index (χ4v) is 2.35. The number of methoxy groups -OCH3 is 1. The molecule has 1 aliphatic rings. The highest BCUT2D eigenvalue weighted by Gasteiger charge is 2.40. The van der Waals surface area contributed by atoms with Crippen LogP contribution in [0.4, 0.5) is 4.39 Å². The molecule has 1 amide bonds. The number of carbonyl (C=O) groups is 2. The van der Waals surface area contributed by atoms with Gasteiger partial charge in [-0.25, -0.2) is 4.39 Å². The van der Waals surface area contributed by atoms with Gasteiger partial charge in [0.05, 0.1) is 24.6 Å². The molecule has 1 aromatic rings. The summed E-state index contributed by atoms with van der Waals surface area (Å²) in [5, 5.41) is 11.5. The quantitative estimate of drug-likeness (QED) is 0.865. The maximum absolute atomic E-state index is 13.8. The Kier molecular flexibility index (Phi) is 3.92. The molecule has 20 heavy (non-hydrogen) atoms. The van der Waals surface area contributed by atoms with Crippen LogP contribution in [0.25, 0.3) is 0 Å². The van der Waals surface area contributed by atoms with Crippen LogP contribution in [0.2, 0.25) is 0 Å². The molecule has 1 fully saturated rings. The van der Waals surface area contributed by atoms with Crippen molar-refractivity contribution in [1.29, 1.82) is 0 Å². The molecular formula is C14H16FNO4. The summed E-state index contributed by atoms with van der Waals surface area (Å²) < 4.78 is 18.7. The smallest absolute Gasteiger partial charge is 0.305 e. The van der Waals surface area contributed by atoms with Gasteiger partial charge in [0.15, 0.2) is 0 Å². The molecular weight excluding hydrogens is 265 g/mol. The number of ether oxygens (including phenoxy) is 1. The second-order valence-corrected chi connectivity index (χ2v) is 5.00. The highest BCUT2D eigenvalue weighted by Crippen LogP contribution is 2.35. The van der Waals surface area contributed by atoms with E-state index in [4.69, 9.17) is 9.84 Å². The molecule has 0 unspecified atom stereocenters. The largest absolute Gasteiger partial charge is 0.497 e. The Morgan fingerprint density at radius 1 is 1.45 bits per heavy atom. The van der Waals surface area contributed by atoms with E-state index < -0.39 is 23.2 Å². The van der Waals surface area contributed by atoms with Gasteiger partial charge in [0.25, 0.3) is 5.91 Å². The lowest BCUT2D eigenvalue weighted by molar-refractivity contribution is -0.139. The highest BCUT2D eigenvalue weighted by atomic mass is 19.1. The standard InChI is InChI=1S/C14H16FNO4/c1-20-9-3-4-10(11(15)7-9)13(19)16-14(5-2-6-14)8-12(17)18/h3-4,7H,2,5-6,8H2,1H3,(H,16,19)(H,17,18). The minimum absolute atomic E-state index is 0.109. The molecule has 1 saturated carbocycles. The zero-order valence-electron chi connectivity index (χ0n) is 11.1. The Morgan fingerprint density at radius 3 is 2.60 bits per heavy atom. The second kappa shape index (κ2) is 5.48. The van der Waals surface area contributed by atoms with E-state index >= 15 is 0 Å². The SMILES string of the molecule is COc1ccc(C(=O)NC2(CC(=O)O)CCC2)c(F)c1. The van der Waals surface area contributed by atoms with Crippen LogP contribution in [0.3, 0.4) is 0 Å². The number of rotatable bonds is 5. The van der Waals surface area contributed by atoms with Gasteiger partial charge >= 0.3 is 5.97 Å². The number of halogens is 1. The van der Waals surface area contributed by atoms with Gasteiger partial charge in [0.1, 0.15) is 11.6 Å². The first-order valence-corrected chi connectivity index (χ1v) is 6.34. The Hall–Kier alpha value is -2.11. The number of hydrogen-bond donors (Lipinski definition) is 2. The van der Waals surface area contributed by atoms with Crippen molar-refractivity contribution in [1.82, 2.24) is 5.32 Å². The van der Waals surface area contributed by atoms with Crippen LogP contribution in [-0.4, -0.2) is 29.6 Å². The normalized spacial score (nSPS) is 16.1. The lowest BCUT2D eigenvalue weighted by Crippen LogP contribution is -2.54.